The number of aromatic amines is 1. The molecule has 6 nitrogen and oxygen atoms in total. The van der Waals surface area contributed by atoms with Gasteiger partial charge < -0.3 is 4.98 Å². The van der Waals surface area contributed by atoms with Gasteiger partial charge in [-0.2, -0.15) is 5.10 Å². The maximum absolute atomic E-state index is 11.0. The van der Waals surface area contributed by atoms with Gasteiger partial charge in [-0.15, -0.1) is 0 Å². The predicted molar refractivity (Wildman–Crippen MR) is 83.4 cm³/mol. The zero-order valence-corrected chi connectivity index (χ0v) is 12.2. The van der Waals surface area contributed by atoms with Gasteiger partial charge in [0, 0.05) is 22.2 Å². The molecule has 0 saturated carbocycles. The summed E-state index contributed by atoms with van der Waals surface area (Å²) in [5, 5.41) is 5.39. The van der Waals surface area contributed by atoms with Gasteiger partial charge in [-0.3, -0.25) is 4.79 Å². The molecule has 0 bridgehead atoms. The Bertz CT molecular complexity index is 1030. The summed E-state index contributed by atoms with van der Waals surface area (Å²) in [6.45, 7) is 3.94. The van der Waals surface area contributed by atoms with Crippen LogP contribution in [0.15, 0.2) is 30.6 Å². The lowest BCUT2D eigenvalue weighted by molar-refractivity contribution is 0.112. The topological polar surface area (TPSA) is 76.5 Å². The van der Waals surface area contributed by atoms with E-state index < -0.39 is 0 Å². The zero-order valence-electron chi connectivity index (χ0n) is 12.2. The first-order valence-electron chi connectivity index (χ1n) is 6.92. The molecule has 0 aliphatic rings. The molecule has 0 fully saturated rings. The summed E-state index contributed by atoms with van der Waals surface area (Å²) in [5.41, 5.74) is 5.08. The number of aryl methyl sites for hydroxylation is 2. The Labute approximate surface area is 125 Å². The van der Waals surface area contributed by atoms with Gasteiger partial charge in [0.2, 0.25) is 0 Å². The van der Waals surface area contributed by atoms with Crippen molar-refractivity contribution in [2.75, 3.05) is 0 Å². The van der Waals surface area contributed by atoms with Crippen molar-refractivity contribution in [1.29, 1.82) is 0 Å². The van der Waals surface area contributed by atoms with Gasteiger partial charge in [0.05, 0.1) is 5.69 Å². The summed E-state index contributed by atoms with van der Waals surface area (Å²) >= 11 is 0. The molecule has 0 amide bonds. The second kappa shape index (κ2) is 4.49. The fourth-order valence-electron chi connectivity index (χ4n) is 2.77. The van der Waals surface area contributed by atoms with Gasteiger partial charge in [0.25, 0.3) is 0 Å². The second-order valence-corrected chi connectivity index (χ2v) is 5.31. The van der Waals surface area contributed by atoms with E-state index >= 15 is 0 Å². The summed E-state index contributed by atoms with van der Waals surface area (Å²) in [4.78, 5) is 23.1. The van der Waals surface area contributed by atoms with Crippen molar-refractivity contribution in [2.24, 2.45) is 0 Å². The monoisotopic (exact) mass is 291 g/mol. The van der Waals surface area contributed by atoms with E-state index in [4.69, 9.17) is 0 Å². The number of benzene rings is 1. The quantitative estimate of drug-likeness (QED) is 0.576. The van der Waals surface area contributed by atoms with Gasteiger partial charge in [0.15, 0.2) is 5.82 Å². The number of H-pyrrole nitrogens is 1. The van der Waals surface area contributed by atoms with Crippen molar-refractivity contribution in [3.05, 3.63) is 47.5 Å². The normalized spacial score (nSPS) is 11.4. The first-order chi connectivity index (χ1) is 10.7. The van der Waals surface area contributed by atoms with Crippen molar-refractivity contribution in [3.63, 3.8) is 0 Å². The second-order valence-electron chi connectivity index (χ2n) is 5.31. The molecular formula is C16H13N5O. The van der Waals surface area contributed by atoms with Crippen molar-refractivity contribution < 1.29 is 4.79 Å². The summed E-state index contributed by atoms with van der Waals surface area (Å²) in [5.74, 6) is 0.708. The smallest absolute Gasteiger partial charge is 0.181 e. The molecule has 0 saturated heterocycles. The molecule has 4 rings (SSSR count). The van der Waals surface area contributed by atoms with Crippen LogP contribution in [0.3, 0.4) is 0 Å². The molecule has 3 heterocycles. The molecule has 0 unspecified atom stereocenters. The Balaban J connectivity index is 2.09. The third kappa shape index (κ3) is 1.74. The number of carbonyl (C=O) groups is 1. The number of fused-ring (bicyclic) bond motifs is 3. The SMILES string of the molecule is Cc1cc(C)n(-c2ncnc3c2[nH]c2ccc(C=O)cc23)n1. The van der Waals surface area contributed by atoms with Crippen LogP contribution in [0.5, 0.6) is 0 Å². The molecule has 0 aliphatic carbocycles. The van der Waals surface area contributed by atoms with Crippen LogP contribution in [0.2, 0.25) is 0 Å². The van der Waals surface area contributed by atoms with Gasteiger partial charge in [-0.05, 0) is 38.1 Å². The molecular weight excluding hydrogens is 278 g/mol. The summed E-state index contributed by atoms with van der Waals surface area (Å²) in [7, 11) is 0. The van der Waals surface area contributed by atoms with E-state index in [0.717, 1.165) is 39.6 Å². The highest BCUT2D eigenvalue weighted by Crippen LogP contribution is 2.27. The van der Waals surface area contributed by atoms with Crippen LogP contribution in [0, 0.1) is 13.8 Å². The molecule has 3 aromatic heterocycles. The number of hydrogen-bond acceptors (Lipinski definition) is 4. The number of carbonyl (C=O) groups excluding carboxylic acids is 1. The van der Waals surface area contributed by atoms with Crippen LogP contribution in [0.25, 0.3) is 27.8 Å². The number of aromatic nitrogens is 5. The third-order valence-corrected chi connectivity index (χ3v) is 3.73. The van der Waals surface area contributed by atoms with Crippen LogP contribution in [0.1, 0.15) is 21.7 Å². The lowest BCUT2D eigenvalue weighted by atomic mass is 10.1. The maximum Gasteiger partial charge on any atom is 0.181 e. The van der Waals surface area contributed by atoms with E-state index in [9.17, 15) is 4.79 Å². The molecule has 4 aromatic rings. The first kappa shape index (κ1) is 12.7. The molecule has 0 spiro atoms. The summed E-state index contributed by atoms with van der Waals surface area (Å²) < 4.78 is 1.80. The van der Waals surface area contributed by atoms with Crippen LogP contribution < -0.4 is 0 Å². The number of hydrogen-bond donors (Lipinski definition) is 1. The van der Waals surface area contributed by atoms with Crippen molar-refractivity contribution in [3.8, 4) is 5.82 Å². The highest BCUT2D eigenvalue weighted by molar-refractivity contribution is 6.08. The minimum absolute atomic E-state index is 0.625. The van der Waals surface area contributed by atoms with Crippen LogP contribution >= 0.6 is 0 Å². The minimum atomic E-state index is 0.625. The van der Waals surface area contributed by atoms with Gasteiger partial charge in [-0.1, -0.05) is 0 Å². The van der Waals surface area contributed by atoms with Crippen molar-refractivity contribution in [1.82, 2.24) is 24.7 Å². The molecule has 0 aliphatic heterocycles. The lowest BCUT2D eigenvalue weighted by Gasteiger charge is -2.03. The summed E-state index contributed by atoms with van der Waals surface area (Å²) in [6, 6.07) is 7.49. The summed E-state index contributed by atoms with van der Waals surface area (Å²) in [6.07, 6.45) is 2.36. The Morgan fingerprint density at radius 2 is 2.05 bits per heavy atom. The van der Waals surface area contributed by atoms with Crippen LogP contribution in [0.4, 0.5) is 0 Å². The fourth-order valence-corrected chi connectivity index (χ4v) is 2.77. The Morgan fingerprint density at radius 1 is 1.18 bits per heavy atom. The first-order valence-corrected chi connectivity index (χ1v) is 6.92. The highest BCUT2D eigenvalue weighted by atomic mass is 16.1. The van der Waals surface area contributed by atoms with Crippen molar-refractivity contribution in [2.45, 2.75) is 13.8 Å². The van der Waals surface area contributed by atoms with Crippen LogP contribution in [-0.2, 0) is 0 Å². The van der Waals surface area contributed by atoms with Crippen LogP contribution in [-0.4, -0.2) is 31.0 Å². The molecule has 1 aromatic carbocycles. The standard InChI is InChI=1S/C16H13N5O/c1-9-5-10(2)21(20-9)16-15-14(17-8-18-16)12-6-11(7-22)3-4-13(12)19-15/h3-8,19H,1-2H3. The van der Waals surface area contributed by atoms with E-state index in [1.807, 2.05) is 32.0 Å². The number of aldehydes is 1. The van der Waals surface area contributed by atoms with E-state index in [-0.39, 0.29) is 0 Å². The Morgan fingerprint density at radius 3 is 2.77 bits per heavy atom. The van der Waals surface area contributed by atoms with E-state index in [1.54, 1.807) is 10.7 Å². The van der Waals surface area contributed by atoms with E-state index in [0.29, 0.717) is 11.4 Å². The van der Waals surface area contributed by atoms with Gasteiger partial charge >= 0.3 is 0 Å². The zero-order chi connectivity index (χ0) is 15.3. The average Bonchev–Trinajstić information content (AvgIpc) is 3.06. The predicted octanol–water partition coefficient (Wildman–Crippen LogP) is 2.73. The fraction of sp³-hybridized carbons (Fsp3) is 0.125. The lowest BCUT2D eigenvalue weighted by Crippen LogP contribution is -2.03. The Hall–Kier alpha value is -3.02. The molecule has 22 heavy (non-hydrogen) atoms. The highest BCUT2D eigenvalue weighted by Gasteiger charge is 2.14. The average molecular weight is 291 g/mol. The molecule has 0 atom stereocenters. The number of nitrogens with zero attached hydrogens (tertiary/aromatic N) is 4. The van der Waals surface area contributed by atoms with E-state index in [2.05, 4.69) is 20.1 Å². The van der Waals surface area contributed by atoms with E-state index in [1.165, 1.54) is 6.33 Å². The number of rotatable bonds is 2. The minimum Gasteiger partial charge on any atom is -0.350 e. The molecule has 0 radical (unpaired) electrons. The van der Waals surface area contributed by atoms with Gasteiger partial charge in [0.1, 0.15) is 23.6 Å². The van der Waals surface area contributed by atoms with Gasteiger partial charge in [-0.25, -0.2) is 14.6 Å². The molecule has 1 N–H and O–H groups in total. The van der Waals surface area contributed by atoms with Crippen molar-refractivity contribution >= 4 is 28.2 Å². The molecule has 108 valence electrons. The largest absolute Gasteiger partial charge is 0.350 e. The number of nitrogens with one attached hydrogen (secondary N) is 1. The Kier molecular flexibility index (Phi) is 2.59. The molecule has 6 heteroatoms. The maximum atomic E-state index is 11.0. The third-order valence-electron chi connectivity index (χ3n) is 3.73.